The van der Waals surface area contributed by atoms with Crippen molar-refractivity contribution in [1.29, 1.82) is 0 Å². The van der Waals surface area contributed by atoms with Crippen LogP contribution in [0.4, 0.5) is 0 Å². The maximum absolute atomic E-state index is 11.0. The van der Waals surface area contributed by atoms with Crippen LogP contribution in [-0.4, -0.2) is 19.4 Å². The molecule has 1 heterocycles. The van der Waals surface area contributed by atoms with Crippen LogP contribution >= 0.6 is 0 Å². The molecule has 2 atom stereocenters. The number of rotatable bonds is 0. The first-order valence-corrected chi connectivity index (χ1v) is 5.11. The summed E-state index contributed by atoms with van der Waals surface area (Å²) in [4.78, 5) is 0. The highest BCUT2D eigenvalue weighted by molar-refractivity contribution is 7.92. The average Bonchev–Trinajstić information content (AvgIpc) is 2.19. The molecule has 0 spiro atoms. The third-order valence-electron chi connectivity index (χ3n) is 2.47. The van der Waals surface area contributed by atoms with E-state index in [2.05, 4.69) is 0 Å². The zero-order chi connectivity index (χ0) is 6.48. The van der Waals surface area contributed by atoms with Gasteiger partial charge in [0.1, 0.15) is 0 Å². The van der Waals surface area contributed by atoms with Crippen LogP contribution in [0.15, 0.2) is 0 Å². The van der Waals surface area contributed by atoms with E-state index in [0.717, 1.165) is 19.3 Å². The molecule has 2 nitrogen and oxygen atoms in total. The molecule has 52 valence electrons. The maximum Gasteiger partial charge on any atom is 0.153 e. The molecule has 2 rings (SSSR count). The van der Waals surface area contributed by atoms with Gasteiger partial charge < -0.3 is 0 Å². The highest BCUT2D eigenvalue weighted by Crippen LogP contribution is 2.39. The molecule has 2 aliphatic rings. The SMILES string of the molecule is O=S1(=O)C[C@H]2CC[C@@H]1C2. The van der Waals surface area contributed by atoms with Crippen molar-refractivity contribution < 1.29 is 8.42 Å². The van der Waals surface area contributed by atoms with Crippen LogP contribution in [0.1, 0.15) is 19.3 Å². The molecule has 0 aromatic carbocycles. The standard InChI is InChI=1S/C6H10O2S/c7-9(8)4-5-1-2-6(9)3-5/h5-6H,1-4H2/t5-,6+/m0/s1. The smallest absolute Gasteiger partial charge is 0.153 e. The number of fused-ring (bicyclic) bond motifs is 2. The zero-order valence-corrected chi connectivity index (χ0v) is 6.02. The maximum atomic E-state index is 11.0. The van der Waals surface area contributed by atoms with E-state index in [1.807, 2.05) is 0 Å². The highest BCUT2D eigenvalue weighted by Gasteiger charge is 2.43. The van der Waals surface area contributed by atoms with Crippen LogP contribution in [0.3, 0.4) is 0 Å². The summed E-state index contributed by atoms with van der Waals surface area (Å²) in [6.45, 7) is 0. The number of sulfone groups is 1. The molecular weight excluding hydrogens is 136 g/mol. The van der Waals surface area contributed by atoms with Gasteiger partial charge in [-0.25, -0.2) is 8.42 Å². The highest BCUT2D eigenvalue weighted by atomic mass is 32.2. The van der Waals surface area contributed by atoms with E-state index in [9.17, 15) is 8.42 Å². The van der Waals surface area contributed by atoms with Gasteiger partial charge in [0.05, 0.1) is 11.0 Å². The minimum Gasteiger partial charge on any atom is -0.229 e. The summed E-state index contributed by atoms with van der Waals surface area (Å²) in [5, 5.41) is 0.0579. The van der Waals surface area contributed by atoms with E-state index in [0.29, 0.717) is 11.7 Å². The lowest BCUT2D eigenvalue weighted by Crippen LogP contribution is -2.18. The fourth-order valence-corrected chi connectivity index (χ4v) is 4.26. The molecule has 2 bridgehead atoms. The Labute approximate surface area is 55.2 Å². The Morgan fingerprint density at radius 1 is 1.22 bits per heavy atom. The third kappa shape index (κ3) is 0.707. The van der Waals surface area contributed by atoms with Crippen molar-refractivity contribution in [3.63, 3.8) is 0 Å². The largest absolute Gasteiger partial charge is 0.229 e. The first-order chi connectivity index (χ1) is 4.18. The lowest BCUT2D eigenvalue weighted by molar-refractivity contribution is 0.568. The molecule has 0 unspecified atom stereocenters. The zero-order valence-electron chi connectivity index (χ0n) is 5.21. The van der Waals surface area contributed by atoms with E-state index in [-0.39, 0.29) is 5.25 Å². The molecule has 0 radical (unpaired) electrons. The summed E-state index contributed by atoms with van der Waals surface area (Å²) in [7, 11) is -2.59. The Morgan fingerprint density at radius 3 is 2.22 bits per heavy atom. The summed E-state index contributed by atoms with van der Waals surface area (Å²) < 4.78 is 22.0. The predicted molar refractivity (Wildman–Crippen MR) is 34.9 cm³/mol. The van der Waals surface area contributed by atoms with Crippen LogP contribution < -0.4 is 0 Å². The summed E-state index contributed by atoms with van der Waals surface area (Å²) in [6, 6.07) is 0. The fraction of sp³-hybridized carbons (Fsp3) is 1.00. The minimum atomic E-state index is -2.59. The van der Waals surface area contributed by atoms with Crippen LogP contribution in [0.5, 0.6) is 0 Å². The fourth-order valence-electron chi connectivity index (χ4n) is 1.97. The van der Waals surface area contributed by atoms with Crippen molar-refractivity contribution in [2.24, 2.45) is 5.92 Å². The van der Waals surface area contributed by atoms with Crippen molar-refractivity contribution in [3.8, 4) is 0 Å². The molecule has 9 heavy (non-hydrogen) atoms. The second kappa shape index (κ2) is 1.51. The quantitative estimate of drug-likeness (QED) is 0.501. The lowest BCUT2D eigenvalue weighted by atomic mass is 10.1. The van der Waals surface area contributed by atoms with E-state index >= 15 is 0 Å². The Morgan fingerprint density at radius 2 is 2.00 bits per heavy atom. The number of hydrogen-bond donors (Lipinski definition) is 0. The molecule has 1 aliphatic carbocycles. The van der Waals surface area contributed by atoms with E-state index in [1.54, 1.807) is 0 Å². The van der Waals surface area contributed by atoms with Crippen LogP contribution in [0.25, 0.3) is 0 Å². The van der Waals surface area contributed by atoms with Gasteiger partial charge in [-0.15, -0.1) is 0 Å². The van der Waals surface area contributed by atoms with Gasteiger partial charge in [-0.05, 0) is 25.2 Å². The Kier molecular flexibility index (Phi) is 0.958. The molecule has 0 aromatic heterocycles. The summed E-state index contributed by atoms with van der Waals surface area (Å²) in [6.07, 6.45) is 3.05. The van der Waals surface area contributed by atoms with Gasteiger partial charge in [0.2, 0.25) is 0 Å². The molecule has 2 fully saturated rings. The van der Waals surface area contributed by atoms with Crippen LogP contribution in [0.2, 0.25) is 0 Å². The third-order valence-corrected chi connectivity index (χ3v) is 4.85. The number of hydrogen-bond acceptors (Lipinski definition) is 2. The topological polar surface area (TPSA) is 34.1 Å². The molecule has 0 amide bonds. The van der Waals surface area contributed by atoms with Gasteiger partial charge in [0, 0.05) is 0 Å². The normalized spacial score (nSPS) is 45.8. The average molecular weight is 146 g/mol. The van der Waals surface area contributed by atoms with Crippen molar-refractivity contribution >= 4 is 9.84 Å². The molecular formula is C6H10O2S. The second-order valence-corrected chi connectivity index (χ2v) is 5.46. The summed E-state index contributed by atoms with van der Waals surface area (Å²) in [5.74, 6) is 1.01. The van der Waals surface area contributed by atoms with Gasteiger partial charge >= 0.3 is 0 Å². The van der Waals surface area contributed by atoms with Gasteiger partial charge in [0.25, 0.3) is 0 Å². The van der Waals surface area contributed by atoms with E-state index < -0.39 is 9.84 Å². The van der Waals surface area contributed by atoms with E-state index in [4.69, 9.17) is 0 Å². The van der Waals surface area contributed by atoms with Gasteiger partial charge in [-0.2, -0.15) is 0 Å². The van der Waals surface area contributed by atoms with E-state index in [1.165, 1.54) is 0 Å². The summed E-state index contributed by atoms with van der Waals surface area (Å²) in [5.41, 5.74) is 0. The predicted octanol–water partition coefficient (Wildman–Crippen LogP) is 0.584. The van der Waals surface area contributed by atoms with Gasteiger partial charge in [-0.3, -0.25) is 0 Å². The lowest BCUT2D eigenvalue weighted by Gasteiger charge is -2.07. The monoisotopic (exact) mass is 146 g/mol. The molecule has 1 saturated carbocycles. The second-order valence-electron chi connectivity index (χ2n) is 3.13. The Bertz CT molecular complexity index is 217. The molecule has 0 N–H and O–H groups in total. The first kappa shape index (κ1) is 5.71. The van der Waals surface area contributed by atoms with Crippen molar-refractivity contribution in [1.82, 2.24) is 0 Å². The van der Waals surface area contributed by atoms with Crippen LogP contribution in [0, 0.1) is 5.92 Å². The molecule has 1 saturated heterocycles. The van der Waals surface area contributed by atoms with Crippen molar-refractivity contribution in [2.45, 2.75) is 24.5 Å². The van der Waals surface area contributed by atoms with Crippen LogP contribution in [-0.2, 0) is 9.84 Å². The van der Waals surface area contributed by atoms with Gasteiger partial charge in [0.15, 0.2) is 9.84 Å². The molecule has 3 heteroatoms. The minimum absolute atomic E-state index is 0.0579. The van der Waals surface area contributed by atoms with Crippen molar-refractivity contribution in [2.75, 3.05) is 5.75 Å². The Hall–Kier alpha value is -0.0500. The first-order valence-electron chi connectivity index (χ1n) is 3.40. The van der Waals surface area contributed by atoms with Gasteiger partial charge in [-0.1, -0.05) is 0 Å². The Balaban J connectivity index is 2.39. The van der Waals surface area contributed by atoms with Crippen molar-refractivity contribution in [3.05, 3.63) is 0 Å². The molecule has 0 aromatic rings. The molecule has 1 aliphatic heterocycles. The summed E-state index contributed by atoms with van der Waals surface area (Å²) >= 11 is 0.